The smallest absolute Gasteiger partial charge is 0.305 e. The fourth-order valence-electron chi connectivity index (χ4n) is 2.65. The average Bonchev–Trinajstić information content (AvgIpc) is 2.47. The third-order valence-corrected chi connectivity index (χ3v) is 3.84. The summed E-state index contributed by atoms with van der Waals surface area (Å²) in [5.41, 5.74) is 0. The van der Waals surface area contributed by atoms with Crippen LogP contribution in [0.1, 0.15) is 19.3 Å². The zero-order valence-electron chi connectivity index (χ0n) is 11.8. The molecule has 0 unspecified atom stereocenters. The van der Waals surface area contributed by atoms with Gasteiger partial charge in [0.2, 0.25) is 11.8 Å². The number of nitrogens with one attached hydrogen (secondary N) is 1. The highest BCUT2D eigenvalue weighted by molar-refractivity contribution is 5.84. The van der Waals surface area contributed by atoms with Gasteiger partial charge in [0.05, 0.1) is 7.11 Å². The Kier molecular flexibility index (Phi) is 4.94. The summed E-state index contributed by atoms with van der Waals surface area (Å²) in [6.07, 6.45) is 1.07. The van der Waals surface area contributed by atoms with E-state index in [1.54, 1.807) is 4.90 Å². The van der Waals surface area contributed by atoms with Gasteiger partial charge in [0, 0.05) is 45.6 Å². The number of fused-ring (bicyclic) bond motifs is 1. The fraction of sp³-hybridized carbons (Fsp3) is 0.769. The molecule has 2 fully saturated rings. The summed E-state index contributed by atoms with van der Waals surface area (Å²) in [6.45, 7) is 3.37. The number of piperazine rings is 2. The van der Waals surface area contributed by atoms with Gasteiger partial charge in [-0.15, -0.1) is 0 Å². The monoisotopic (exact) mass is 283 g/mol. The first-order valence-electron chi connectivity index (χ1n) is 6.98. The highest BCUT2D eigenvalue weighted by Gasteiger charge is 2.35. The van der Waals surface area contributed by atoms with Gasteiger partial charge in [-0.25, -0.2) is 0 Å². The lowest BCUT2D eigenvalue weighted by Crippen LogP contribution is -2.64. The van der Waals surface area contributed by atoms with E-state index in [2.05, 4.69) is 15.0 Å². The number of carbonyl (C=O) groups is 3. The number of hydrogen-bond acceptors (Lipinski definition) is 5. The van der Waals surface area contributed by atoms with Crippen LogP contribution in [0, 0.1) is 0 Å². The van der Waals surface area contributed by atoms with Crippen molar-refractivity contribution in [2.45, 2.75) is 25.3 Å². The van der Waals surface area contributed by atoms with Crippen LogP contribution >= 0.6 is 0 Å². The normalized spacial score (nSPS) is 22.9. The maximum Gasteiger partial charge on any atom is 0.305 e. The Hall–Kier alpha value is -1.63. The maximum atomic E-state index is 12.1. The van der Waals surface area contributed by atoms with E-state index in [0.29, 0.717) is 32.5 Å². The molecule has 0 aliphatic carbocycles. The molecule has 112 valence electrons. The lowest BCUT2D eigenvalue weighted by atomic mass is 10.1. The van der Waals surface area contributed by atoms with Crippen LogP contribution in [0.5, 0.6) is 0 Å². The second-order valence-corrected chi connectivity index (χ2v) is 5.11. The summed E-state index contributed by atoms with van der Waals surface area (Å²) in [4.78, 5) is 38.7. The molecule has 1 atom stereocenters. The van der Waals surface area contributed by atoms with Gasteiger partial charge < -0.3 is 15.0 Å². The first-order chi connectivity index (χ1) is 9.61. The number of hydrogen-bond donors (Lipinski definition) is 1. The summed E-state index contributed by atoms with van der Waals surface area (Å²) in [5, 5.41) is 2.83. The molecule has 0 saturated carbocycles. The van der Waals surface area contributed by atoms with Gasteiger partial charge in [-0.3, -0.25) is 19.3 Å². The van der Waals surface area contributed by atoms with E-state index in [4.69, 9.17) is 0 Å². The van der Waals surface area contributed by atoms with E-state index in [1.165, 1.54) is 7.11 Å². The Morgan fingerprint density at radius 1 is 1.30 bits per heavy atom. The van der Waals surface area contributed by atoms with Gasteiger partial charge in [0.15, 0.2) is 0 Å². The molecule has 20 heavy (non-hydrogen) atoms. The molecule has 1 N–H and O–H groups in total. The minimum Gasteiger partial charge on any atom is -0.469 e. The van der Waals surface area contributed by atoms with Crippen molar-refractivity contribution in [3.05, 3.63) is 0 Å². The van der Waals surface area contributed by atoms with Crippen molar-refractivity contribution in [2.75, 3.05) is 39.8 Å². The van der Waals surface area contributed by atoms with Crippen molar-refractivity contribution >= 4 is 17.8 Å². The predicted octanol–water partition coefficient (Wildman–Crippen LogP) is -1.03. The summed E-state index contributed by atoms with van der Waals surface area (Å²) in [6, 6.07) is -0.220. The molecular weight excluding hydrogens is 262 g/mol. The number of esters is 1. The summed E-state index contributed by atoms with van der Waals surface area (Å²) in [7, 11) is 1.34. The molecule has 0 bridgehead atoms. The number of ether oxygens (including phenoxy) is 1. The molecule has 2 heterocycles. The molecule has 2 aliphatic rings. The van der Waals surface area contributed by atoms with Crippen LogP contribution in [0.2, 0.25) is 0 Å². The molecule has 7 heteroatoms. The standard InChI is InChI=1S/C13H21N3O4/c1-20-12(18)4-2-3-11(17)16-8-7-15-6-5-14-13(19)10(15)9-16/h10H,2-9H2,1H3,(H,14,19)/t10-/m1/s1. The van der Waals surface area contributed by atoms with Gasteiger partial charge in [-0.1, -0.05) is 0 Å². The van der Waals surface area contributed by atoms with E-state index in [0.717, 1.165) is 13.1 Å². The quantitative estimate of drug-likeness (QED) is 0.668. The molecule has 0 aromatic heterocycles. The van der Waals surface area contributed by atoms with Crippen LogP contribution in [0.15, 0.2) is 0 Å². The van der Waals surface area contributed by atoms with Gasteiger partial charge >= 0.3 is 5.97 Å². The molecule has 2 aliphatic heterocycles. The van der Waals surface area contributed by atoms with Crippen molar-refractivity contribution in [1.82, 2.24) is 15.1 Å². The molecule has 0 radical (unpaired) electrons. The molecule has 0 aromatic rings. The first kappa shape index (κ1) is 14.8. The topological polar surface area (TPSA) is 79.0 Å². The van der Waals surface area contributed by atoms with Crippen molar-refractivity contribution in [3.8, 4) is 0 Å². The maximum absolute atomic E-state index is 12.1. The van der Waals surface area contributed by atoms with Gasteiger partial charge in [-0.2, -0.15) is 0 Å². The van der Waals surface area contributed by atoms with Gasteiger partial charge in [-0.05, 0) is 6.42 Å². The molecule has 2 saturated heterocycles. The van der Waals surface area contributed by atoms with Crippen molar-refractivity contribution < 1.29 is 19.1 Å². The number of rotatable bonds is 4. The summed E-state index contributed by atoms with van der Waals surface area (Å²) >= 11 is 0. The van der Waals surface area contributed by atoms with E-state index in [9.17, 15) is 14.4 Å². The minimum absolute atomic E-state index is 0.00307. The third kappa shape index (κ3) is 3.47. The van der Waals surface area contributed by atoms with Crippen LogP contribution in [0.25, 0.3) is 0 Å². The third-order valence-electron chi connectivity index (χ3n) is 3.84. The van der Waals surface area contributed by atoms with E-state index in [1.807, 2.05) is 0 Å². The lowest BCUT2D eigenvalue weighted by molar-refractivity contribution is -0.141. The zero-order chi connectivity index (χ0) is 14.5. The van der Waals surface area contributed by atoms with Crippen molar-refractivity contribution in [2.24, 2.45) is 0 Å². The molecule has 7 nitrogen and oxygen atoms in total. The fourth-order valence-corrected chi connectivity index (χ4v) is 2.65. The summed E-state index contributed by atoms with van der Waals surface area (Å²) < 4.78 is 4.54. The molecule has 2 amide bonds. The zero-order valence-corrected chi connectivity index (χ0v) is 11.8. The highest BCUT2D eigenvalue weighted by Crippen LogP contribution is 2.14. The SMILES string of the molecule is COC(=O)CCCC(=O)N1CCN2CCNC(=O)[C@H]2C1. The van der Waals surface area contributed by atoms with Crippen molar-refractivity contribution in [1.29, 1.82) is 0 Å². The molecular formula is C13H21N3O4. The van der Waals surface area contributed by atoms with E-state index >= 15 is 0 Å². The van der Waals surface area contributed by atoms with Crippen LogP contribution in [0.3, 0.4) is 0 Å². The number of nitrogens with zero attached hydrogens (tertiary/aromatic N) is 2. The Balaban J connectivity index is 1.79. The van der Waals surface area contributed by atoms with E-state index in [-0.39, 0.29) is 30.2 Å². The van der Waals surface area contributed by atoms with Crippen LogP contribution in [0.4, 0.5) is 0 Å². The highest BCUT2D eigenvalue weighted by atomic mass is 16.5. The molecule has 0 spiro atoms. The van der Waals surface area contributed by atoms with E-state index < -0.39 is 0 Å². The second kappa shape index (κ2) is 6.69. The number of carbonyl (C=O) groups excluding carboxylic acids is 3. The predicted molar refractivity (Wildman–Crippen MR) is 70.8 cm³/mol. The van der Waals surface area contributed by atoms with Crippen LogP contribution < -0.4 is 5.32 Å². The Morgan fingerprint density at radius 3 is 2.85 bits per heavy atom. The largest absolute Gasteiger partial charge is 0.469 e. The van der Waals surface area contributed by atoms with Crippen LogP contribution in [-0.4, -0.2) is 73.5 Å². The average molecular weight is 283 g/mol. The molecule has 0 aromatic carbocycles. The van der Waals surface area contributed by atoms with Gasteiger partial charge in [0.1, 0.15) is 6.04 Å². The first-order valence-corrected chi connectivity index (χ1v) is 6.98. The number of methoxy groups -OCH3 is 1. The van der Waals surface area contributed by atoms with Gasteiger partial charge in [0.25, 0.3) is 0 Å². The Bertz CT molecular complexity index is 399. The second-order valence-electron chi connectivity index (χ2n) is 5.11. The Morgan fingerprint density at radius 2 is 2.10 bits per heavy atom. The molecule has 2 rings (SSSR count). The van der Waals surface area contributed by atoms with Crippen molar-refractivity contribution in [3.63, 3.8) is 0 Å². The number of amides is 2. The minimum atomic E-state index is -0.297. The Labute approximate surface area is 118 Å². The van der Waals surface area contributed by atoms with Crippen LogP contribution in [-0.2, 0) is 19.1 Å². The summed E-state index contributed by atoms with van der Waals surface area (Å²) in [5.74, 6) is -0.287. The lowest BCUT2D eigenvalue weighted by Gasteiger charge is -2.43.